The molecule has 0 fully saturated rings. The molecule has 30 heavy (non-hydrogen) atoms. The van der Waals surface area contributed by atoms with Crippen molar-refractivity contribution in [1.29, 1.82) is 0 Å². The van der Waals surface area contributed by atoms with E-state index in [4.69, 9.17) is 4.74 Å². The van der Waals surface area contributed by atoms with Gasteiger partial charge < -0.3 is 15.2 Å². The van der Waals surface area contributed by atoms with Gasteiger partial charge in [0.25, 0.3) is 5.91 Å². The van der Waals surface area contributed by atoms with Gasteiger partial charge in [0.15, 0.2) is 0 Å². The lowest BCUT2D eigenvalue weighted by molar-refractivity contribution is 0.0941. The first-order valence-corrected chi connectivity index (χ1v) is 10.0. The average molecular weight is 407 g/mol. The summed E-state index contributed by atoms with van der Waals surface area (Å²) in [5, 5.41) is 12.8. The third-order valence-corrected chi connectivity index (χ3v) is 4.84. The minimum atomic E-state index is -0.474. The number of aliphatic hydroxyl groups excluding tert-OH is 1. The largest absolute Gasteiger partial charge is 0.488 e. The molecule has 0 saturated carbocycles. The number of ether oxygens (including phenoxy) is 1. The van der Waals surface area contributed by atoms with E-state index < -0.39 is 6.10 Å². The number of para-hydroxylation sites is 1. The Morgan fingerprint density at radius 1 is 1.00 bits per heavy atom. The van der Waals surface area contributed by atoms with Crippen molar-refractivity contribution in [2.45, 2.75) is 32.0 Å². The van der Waals surface area contributed by atoms with Crippen molar-refractivity contribution >= 4 is 5.91 Å². The SMILES string of the molecule is C[C@@H](O)C[C@H](CNC(=O)c1ccccc1OCc1ccc(F)cc1)c1ccccc1. The Kier molecular flexibility index (Phi) is 7.57. The van der Waals surface area contributed by atoms with E-state index in [0.29, 0.717) is 24.3 Å². The number of carbonyl (C=O) groups is 1. The van der Waals surface area contributed by atoms with Crippen molar-refractivity contribution in [3.05, 3.63) is 101 Å². The van der Waals surface area contributed by atoms with Crippen LogP contribution in [0.1, 0.15) is 40.7 Å². The fourth-order valence-electron chi connectivity index (χ4n) is 3.31. The first-order chi connectivity index (χ1) is 14.5. The van der Waals surface area contributed by atoms with Crippen molar-refractivity contribution < 1.29 is 19.0 Å². The van der Waals surface area contributed by atoms with Crippen LogP contribution < -0.4 is 10.1 Å². The lowest BCUT2D eigenvalue weighted by Gasteiger charge is -2.20. The quantitative estimate of drug-likeness (QED) is 0.541. The number of hydrogen-bond acceptors (Lipinski definition) is 3. The Bertz CT molecular complexity index is 942. The molecule has 2 atom stereocenters. The Hall–Kier alpha value is -3.18. The minimum Gasteiger partial charge on any atom is -0.488 e. The van der Waals surface area contributed by atoms with Crippen LogP contribution in [0.5, 0.6) is 5.75 Å². The highest BCUT2D eigenvalue weighted by Crippen LogP contribution is 2.22. The summed E-state index contributed by atoms with van der Waals surface area (Å²) >= 11 is 0. The lowest BCUT2D eigenvalue weighted by Crippen LogP contribution is -2.30. The predicted octanol–water partition coefficient (Wildman–Crippen LogP) is 4.69. The highest BCUT2D eigenvalue weighted by molar-refractivity contribution is 5.96. The van der Waals surface area contributed by atoms with Gasteiger partial charge >= 0.3 is 0 Å². The fraction of sp³-hybridized carbons (Fsp3) is 0.240. The molecule has 0 unspecified atom stereocenters. The van der Waals surface area contributed by atoms with Gasteiger partial charge in [-0.05, 0) is 48.7 Å². The summed E-state index contributed by atoms with van der Waals surface area (Å²) in [4.78, 5) is 12.8. The molecule has 1 amide bonds. The van der Waals surface area contributed by atoms with Crippen LogP contribution >= 0.6 is 0 Å². The predicted molar refractivity (Wildman–Crippen MR) is 115 cm³/mol. The van der Waals surface area contributed by atoms with Gasteiger partial charge in [0.2, 0.25) is 0 Å². The van der Waals surface area contributed by atoms with Crippen molar-refractivity contribution in [2.24, 2.45) is 0 Å². The molecule has 3 aromatic rings. The van der Waals surface area contributed by atoms with Gasteiger partial charge in [-0.1, -0.05) is 54.6 Å². The zero-order valence-electron chi connectivity index (χ0n) is 16.9. The molecule has 0 aromatic heterocycles. The lowest BCUT2D eigenvalue weighted by atomic mass is 9.93. The van der Waals surface area contributed by atoms with E-state index in [1.807, 2.05) is 30.3 Å². The molecule has 0 aliphatic heterocycles. The van der Waals surface area contributed by atoms with E-state index in [2.05, 4.69) is 5.32 Å². The summed E-state index contributed by atoms with van der Waals surface area (Å²) in [5.74, 6) is -0.0755. The van der Waals surface area contributed by atoms with E-state index in [-0.39, 0.29) is 24.2 Å². The monoisotopic (exact) mass is 407 g/mol. The standard InChI is InChI=1S/C25H26FNO3/c1-18(28)15-21(20-7-3-2-4-8-20)16-27-25(29)23-9-5-6-10-24(23)30-17-19-11-13-22(26)14-12-19/h2-14,18,21,28H,15-17H2,1H3,(H,27,29)/t18-,21-/m1/s1. The first-order valence-electron chi connectivity index (χ1n) is 10.0. The number of nitrogens with one attached hydrogen (secondary N) is 1. The van der Waals surface area contributed by atoms with Gasteiger partial charge in [-0.15, -0.1) is 0 Å². The Balaban J connectivity index is 1.66. The Labute approximate surface area is 176 Å². The fourth-order valence-corrected chi connectivity index (χ4v) is 3.31. The van der Waals surface area contributed by atoms with Crippen LogP contribution in [0.4, 0.5) is 4.39 Å². The van der Waals surface area contributed by atoms with Gasteiger partial charge in [-0.3, -0.25) is 4.79 Å². The average Bonchev–Trinajstić information content (AvgIpc) is 2.76. The van der Waals surface area contributed by atoms with Crippen LogP contribution in [0.15, 0.2) is 78.9 Å². The second-order valence-electron chi connectivity index (χ2n) is 7.31. The third-order valence-electron chi connectivity index (χ3n) is 4.84. The molecular weight excluding hydrogens is 381 g/mol. The molecule has 156 valence electrons. The first kappa shape index (κ1) is 21.5. The molecule has 5 heteroatoms. The number of halogens is 1. The van der Waals surface area contributed by atoms with Crippen LogP contribution in [-0.2, 0) is 6.61 Å². The molecule has 3 aromatic carbocycles. The summed E-state index contributed by atoms with van der Waals surface area (Å²) in [7, 11) is 0. The topological polar surface area (TPSA) is 58.6 Å². The molecule has 0 saturated heterocycles. The maximum atomic E-state index is 13.1. The van der Waals surface area contributed by atoms with E-state index in [9.17, 15) is 14.3 Å². The number of carbonyl (C=O) groups excluding carboxylic acids is 1. The summed E-state index contributed by atoms with van der Waals surface area (Å²) in [6.07, 6.45) is 0.0749. The summed E-state index contributed by atoms with van der Waals surface area (Å²) in [6.45, 7) is 2.38. The smallest absolute Gasteiger partial charge is 0.255 e. The number of rotatable bonds is 9. The normalized spacial score (nSPS) is 12.8. The van der Waals surface area contributed by atoms with E-state index >= 15 is 0 Å². The molecule has 2 N–H and O–H groups in total. The van der Waals surface area contributed by atoms with Crippen molar-refractivity contribution in [3.8, 4) is 5.75 Å². The zero-order chi connectivity index (χ0) is 21.3. The van der Waals surface area contributed by atoms with Gasteiger partial charge in [0.1, 0.15) is 18.2 Å². The van der Waals surface area contributed by atoms with Crippen molar-refractivity contribution in [1.82, 2.24) is 5.32 Å². The van der Waals surface area contributed by atoms with Gasteiger partial charge in [-0.25, -0.2) is 4.39 Å². The molecule has 0 aliphatic carbocycles. The van der Waals surface area contributed by atoms with Gasteiger partial charge in [-0.2, -0.15) is 0 Å². The molecule has 0 aliphatic rings. The maximum absolute atomic E-state index is 13.1. The third kappa shape index (κ3) is 6.16. The van der Waals surface area contributed by atoms with Crippen LogP contribution in [0.3, 0.4) is 0 Å². The zero-order valence-corrected chi connectivity index (χ0v) is 16.9. The van der Waals surface area contributed by atoms with E-state index in [0.717, 1.165) is 11.1 Å². The van der Waals surface area contributed by atoms with Gasteiger partial charge in [0, 0.05) is 12.5 Å². The number of amides is 1. The molecule has 0 heterocycles. The van der Waals surface area contributed by atoms with Crippen LogP contribution in [0.2, 0.25) is 0 Å². The number of aliphatic hydroxyl groups is 1. The number of hydrogen-bond donors (Lipinski definition) is 2. The van der Waals surface area contributed by atoms with E-state index in [1.165, 1.54) is 12.1 Å². The highest BCUT2D eigenvalue weighted by Gasteiger charge is 2.18. The van der Waals surface area contributed by atoms with E-state index in [1.54, 1.807) is 43.3 Å². The molecule has 0 bridgehead atoms. The summed E-state index contributed by atoms with van der Waals surface area (Å²) in [6, 6.07) is 22.9. The summed E-state index contributed by atoms with van der Waals surface area (Å²) < 4.78 is 18.9. The second-order valence-corrected chi connectivity index (χ2v) is 7.31. The second kappa shape index (κ2) is 10.6. The van der Waals surface area contributed by atoms with Crippen molar-refractivity contribution in [3.63, 3.8) is 0 Å². The molecule has 0 radical (unpaired) electrons. The Morgan fingerprint density at radius 2 is 1.67 bits per heavy atom. The molecular formula is C25H26FNO3. The minimum absolute atomic E-state index is 0.00226. The number of benzene rings is 3. The van der Waals surface area contributed by atoms with Crippen LogP contribution in [0, 0.1) is 5.82 Å². The summed E-state index contributed by atoms with van der Waals surface area (Å²) in [5.41, 5.74) is 2.32. The van der Waals surface area contributed by atoms with Gasteiger partial charge in [0.05, 0.1) is 11.7 Å². The highest BCUT2D eigenvalue weighted by atomic mass is 19.1. The maximum Gasteiger partial charge on any atom is 0.255 e. The van der Waals surface area contributed by atoms with Crippen LogP contribution in [0.25, 0.3) is 0 Å². The molecule has 4 nitrogen and oxygen atoms in total. The van der Waals surface area contributed by atoms with Crippen LogP contribution in [-0.4, -0.2) is 23.7 Å². The molecule has 3 rings (SSSR count). The van der Waals surface area contributed by atoms with Crippen molar-refractivity contribution in [2.75, 3.05) is 6.54 Å². The Morgan fingerprint density at radius 3 is 2.37 bits per heavy atom. The molecule has 0 spiro atoms.